The van der Waals surface area contributed by atoms with E-state index in [0.29, 0.717) is 12.1 Å². The molecule has 0 radical (unpaired) electrons. The largest absolute Gasteiger partial charge is 0.490 e. The lowest BCUT2D eigenvalue weighted by molar-refractivity contribution is -0.132. The van der Waals surface area contributed by atoms with E-state index < -0.39 is 38.2 Å². The summed E-state index contributed by atoms with van der Waals surface area (Å²) < 4.78 is 85.1. The number of hydrogen-bond acceptors (Lipinski definition) is 4. The third-order valence-corrected chi connectivity index (χ3v) is 6.54. The fourth-order valence-corrected chi connectivity index (χ4v) is 4.47. The van der Waals surface area contributed by atoms with Crippen LogP contribution in [0.2, 0.25) is 0 Å². The summed E-state index contributed by atoms with van der Waals surface area (Å²) in [5.74, 6) is -5.97. The summed E-state index contributed by atoms with van der Waals surface area (Å²) in [4.78, 5) is 12.7. The van der Waals surface area contributed by atoms with Gasteiger partial charge in [-0.15, -0.1) is 0 Å². The number of nitrogens with zero attached hydrogens (tertiary/aromatic N) is 2. The number of rotatable bonds is 6. The number of benzene rings is 2. The summed E-state index contributed by atoms with van der Waals surface area (Å²) in [7, 11) is -4.39. The Hall–Kier alpha value is -2.66. The Morgan fingerprint density at radius 3 is 2.23 bits per heavy atom. The van der Waals surface area contributed by atoms with Crippen LogP contribution in [-0.4, -0.2) is 56.3 Å². The third kappa shape index (κ3) is 4.57. The van der Waals surface area contributed by atoms with Crippen molar-refractivity contribution < 1.29 is 35.5 Å². The average molecular weight is 446 g/mol. The number of halogens is 4. The van der Waals surface area contributed by atoms with E-state index in [1.807, 2.05) is 0 Å². The van der Waals surface area contributed by atoms with E-state index in [1.54, 1.807) is 6.07 Å². The lowest BCUT2D eigenvalue weighted by Gasteiger charge is -2.34. The highest BCUT2D eigenvalue weighted by molar-refractivity contribution is 7.89. The van der Waals surface area contributed by atoms with Crippen LogP contribution in [-0.2, 0) is 14.8 Å². The summed E-state index contributed by atoms with van der Waals surface area (Å²) in [5, 5.41) is 0. The normalized spacial score (nSPS) is 15.3. The number of carbonyl (C=O) groups is 1. The zero-order valence-electron chi connectivity index (χ0n) is 15.7. The molecule has 0 N–H and O–H groups in total. The number of piperazine rings is 1. The lowest BCUT2D eigenvalue weighted by Crippen LogP contribution is -2.50. The molecular weight excluding hydrogens is 428 g/mol. The van der Waals surface area contributed by atoms with E-state index in [2.05, 4.69) is 0 Å². The van der Waals surface area contributed by atoms with Crippen molar-refractivity contribution in [2.24, 2.45) is 0 Å². The first-order valence-electron chi connectivity index (χ1n) is 9.00. The van der Waals surface area contributed by atoms with E-state index in [9.17, 15) is 30.8 Å². The zero-order chi connectivity index (χ0) is 21.9. The predicted molar refractivity (Wildman–Crippen MR) is 98.2 cm³/mol. The summed E-state index contributed by atoms with van der Waals surface area (Å²) in [6, 6.07) is 6.97. The van der Waals surface area contributed by atoms with Crippen LogP contribution in [0.25, 0.3) is 0 Å². The van der Waals surface area contributed by atoms with Crippen LogP contribution in [0.5, 0.6) is 5.75 Å². The number of hydrogen-bond donors (Lipinski definition) is 0. The van der Waals surface area contributed by atoms with Crippen molar-refractivity contribution in [2.75, 3.05) is 32.8 Å². The Morgan fingerprint density at radius 2 is 1.57 bits per heavy atom. The minimum atomic E-state index is -4.39. The topological polar surface area (TPSA) is 66.9 Å². The first kappa shape index (κ1) is 22.0. The molecule has 1 aliphatic rings. The number of amides is 1. The summed E-state index contributed by atoms with van der Waals surface area (Å²) >= 11 is 0. The molecule has 2 aromatic rings. The van der Waals surface area contributed by atoms with Crippen LogP contribution in [0.4, 0.5) is 17.6 Å². The molecule has 1 saturated heterocycles. The SMILES string of the molecule is O=C(CCOc1ccccc1F)N1CCN(S(=O)(=O)c2ccc(F)c(F)c2F)CC1. The number of sulfonamides is 1. The first-order chi connectivity index (χ1) is 14.2. The van der Waals surface area contributed by atoms with Crippen molar-refractivity contribution in [3.63, 3.8) is 0 Å². The summed E-state index contributed by atoms with van der Waals surface area (Å²) in [5.41, 5.74) is 0. The number of carbonyl (C=O) groups excluding carboxylic acids is 1. The maximum absolute atomic E-state index is 13.9. The standard InChI is InChI=1S/C19H18F4N2O4S/c20-13-3-1-2-4-15(13)29-12-7-17(26)24-8-10-25(11-9-24)30(27,28)16-6-5-14(21)18(22)19(16)23/h1-6H,7-12H2. The second-order valence-corrected chi connectivity index (χ2v) is 8.39. The predicted octanol–water partition coefficient (Wildman–Crippen LogP) is 2.55. The van der Waals surface area contributed by atoms with Crippen molar-refractivity contribution in [3.05, 3.63) is 59.7 Å². The molecule has 1 amide bonds. The fourth-order valence-electron chi connectivity index (χ4n) is 2.99. The molecule has 0 bridgehead atoms. The van der Waals surface area contributed by atoms with Gasteiger partial charge in [0.25, 0.3) is 0 Å². The molecule has 30 heavy (non-hydrogen) atoms. The highest BCUT2D eigenvalue weighted by atomic mass is 32.2. The Morgan fingerprint density at radius 1 is 0.900 bits per heavy atom. The number of para-hydroxylation sites is 1. The highest BCUT2D eigenvalue weighted by Crippen LogP contribution is 2.24. The van der Waals surface area contributed by atoms with Gasteiger partial charge in [0.2, 0.25) is 15.9 Å². The van der Waals surface area contributed by atoms with Crippen molar-refractivity contribution in [1.29, 1.82) is 0 Å². The van der Waals surface area contributed by atoms with Gasteiger partial charge in [-0.25, -0.2) is 26.0 Å². The molecule has 3 rings (SSSR count). The van der Waals surface area contributed by atoms with Gasteiger partial charge in [-0.3, -0.25) is 4.79 Å². The molecule has 0 aromatic heterocycles. The minimum Gasteiger partial charge on any atom is -0.490 e. The zero-order valence-corrected chi connectivity index (χ0v) is 16.5. The molecular formula is C19H18F4N2O4S. The molecule has 162 valence electrons. The molecule has 1 heterocycles. The molecule has 6 nitrogen and oxygen atoms in total. The van der Waals surface area contributed by atoms with Gasteiger partial charge in [0.05, 0.1) is 13.0 Å². The number of ether oxygens (including phenoxy) is 1. The van der Waals surface area contributed by atoms with Crippen LogP contribution in [0, 0.1) is 23.3 Å². The molecule has 1 aliphatic heterocycles. The molecule has 0 unspecified atom stereocenters. The fraction of sp³-hybridized carbons (Fsp3) is 0.316. The Kier molecular flexibility index (Phi) is 6.61. The third-order valence-electron chi connectivity index (χ3n) is 4.62. The molecule has 1 fully saturated rings. The van der Waals surface area contributed by atoms with Gasteiger partial charge in [-0.05, 0) is 24.3 Å². The van der Waals surface area contributed by atoms with E-state index in [0.717, 1.165) is 4.31 Å². The lowest BCUT2D eigenvalue weighted by atomic mass is 10.3. The van der Waals surface area contributed by atoms with Crippen molar-refractivity contribution in [3.8, 4) is 5.75 Å². The van der Waals surface area contributed by atoms with Gasteiger partial charge in [-0.1, -0.05) is 12.1 Å². The Bertz CT molecular complexity index is 1040. The molecule has 0 spiro atoms. The smallest absolute Gasteiger partial charge is 0.246 e. The Labute approximate surface area is 170 Å². The van der Waals surface area contributed by atoms with Crippen molar-refractivity contribution in [1.82, 2.24) is 9.21 Å². The van der Waals surface area contributed by atoms with E-state index in [4.69, 9.17) is 4.74 Å². The van der Waals surface area contributed by atoms with Gasteiger partial charge in [-0.2, -0.15) is 4.31 Å². The molecule has 0 atom stereocenters. The maximum Gasteiger partial charge on any atom is 0.246 e. The van der Waals surface area contributed by atoms with Crippen molar-refractivity contribution in [2.45, 2.75) is 11.3 Å². The van der Waals surface area contributed by atoms with Gasteiger partial charge in [0, 0.05) is 26.2 Å². The van der Waals surface area contributed by atoms with Gasteiger partial charge < -0.3 is 9.64 Å². The highest BCUT2D eigenvalue weighted by Gasteiger charge is 2.33. The van der Waals surface area contributed by atoms with E-state index in [1.165, 1.54) is 23.1 Å². The van der Waals surface area contributed by atoms with Gasteiger partial charge >= 0.3 is 0 Å². The second-order valence-electron chi connectivity index (χ2n) is 6.49. The maximum atomic E-state index is 13.9. The molecule has 0 aliphatic carbocycles. The van der Waals surface area contributed by atoms with Gasteiger partial charge in [0.1, 0.15) is 4.90 Å². The Balaban J connectivity index is 1.56. The first-order valence-corrected chi connectivity index (χ1v) is 10.4. The van der Waals surface area contributed by atoms with Crippen LogP contribution in [0.1, 0.15) is 6.42 Å². The van der Waals surface area contributed by atoms with Crippen LogP contribution in [0.15, 0.2) is 41.3 Å². The summed E-state index contributed by atoms with van der Waals surface area (Å²) in [6.07, 6.45) is -0.0428. The second kappa shape index (κ2) is 9.00. The van der Waals surface area contributed by atoms with Crippen LogP contribution < -0.4 is 4.74 Å². The van der Waals surface area contributed by atoms with E-state index in [-0.39, 0.29) is 50.9 Å². The minimum absolute atomic E-state index is 0.0229. The quantitative estimate of drug-likeness (QED) is 0.505. The summed E-state index contributed by atoms with van der Waals surface area (Å²) in [6.45, 7) is -0.272. The molecule has 2 aromatic carbocycles. The van der Waals surface area contributed by atoms with Crippen molar-refractivity contribution >= 4 is 15.9 Å². The monoisotopic (exact) mass is 446 g/mol. The van der Waals surface area contributed by atoms with Crippen LogP contribution in [0.3, 0.4) is 0 Å². The molecule has 0 saturated carbocycles. The van der Waals surface area contributed by atoms with Gasteiger partial charge in [0.15, 0.2) is 29.0 Å². The average Bonchev–Trinajstić information content (AvgIpc) is 2.73. The molecule has 11 heteroatoms. The van der Waals surface area contributed by atoms with Crippen LogP contribution >= 0.6 is 0 Å². The van der Waals surface area contributed by atoms with E-state index >= 15 is 0 Å².